The summed E-state index contributed by atoms with van der Waals surface area (Å²) in [5, 5.41) is 2.67. The zero-order chi connectivity index (χ0) is 41.2. The zero-order valence-corrected chi connectivity index (χ0v) is 37.0. The highest BCUT2D eigenvalue weighted by atomic mass is 32.1. The van der Waals surface area contributed by atoms with Gasteiger partial charge in [-0.15, -0.1) is 11.3 Å². The van der Waals surface area contributed by atoms with Gasteiger partial charge in [-0.1, -0.05) is 141 Å². The highest BCUT2D eigenvalue weighted by Gasteiger charge is 2.44. The fourth-order valence-electron chi connectivity index (χ4n) is 9.45. The molecule has 0 spiro atoms. The van der Waals surface area contributed by atoms with Gasteiger partial charge in [0.05, 0.1) is 0 Å². The Labute approximate surface area is 355 Å². The second-order valence-corrected chi connectivity index (χ2v) is 21.1. The summed E-state index contributed by atoms with van der Waals surface area (Å²) in [6.07, 6.45) is 0. The van der Waals surface area contributed by atoms with Gasteiger partial charge in [0.1, 0.15) is 0 Å². The lowest BCUT2D eigenvalue weighted by atomic mass is 9.33. The van der Waals surface area contributed by atoms with Crippen LogP contribution in [0.3, 0.4) is 0 Å². The maximum Gasteiger partial charge on any atom is 0.252 e. The van der Waals surface area contributed by atoms with Crippen LogP contribution in [0, 0.1) is 6.92 Å². The first-order valence-corrected chi connectivity index (χ1v) is 22.0. The van der Waals surface area contributed by atoms with Crippen LogP contribution < -0.4 is 26.2 Å². The van der Waals surface area contributed by atoms with E-state index in [1.807, 2.05) is 11.3 Å². The topological polar surface area (TPSA) is 6.48 Å². The van der Waals surface area contributed by atoms with E-state index in [1.165, 1.54) is 104 Å². The van der Waals surface area contributed by atoms with E-state index < -0.39 is 0 Å². The Morgan fingerprint density at radius 3 is 1.44 bits per heavy atom. The third-order valence-corrected chi connectivity index (χ3v) is 13.9. The third-order valence-electron chi connectivity index (χ3n) is 12.8. The number of benzene rings is 7. The van der Waals surface area contributed by atoms with Crippen molar-refractivity contribution in [2.45, 2.75) is 85.5 Å². The van der Waals surface area contributed by atoms with Gasteiger partial charge in [-0.05, 0) is 134 Å². The number of aryl methyl sites for hydroxylation is 1. The summed E-state index contributed by atoms with van der Waals surface area (Å²) in [4.78, 5) is 5.09. The van der Waals surface area contributed by atoms with E-state index >= 15 is 0 Å². The summed E-state index contributed by atoms with van der Waals surface area (Å²) < 4.78 is 2.67. The maximum atomic E-state index is 2.54. The van der Waals surface area contributed by atoms with E-state index in [0.29, 0.717) is 0 Å². The van der Waals surface area contributed by atoms with Gasteiger partial charge in [0.2, 0.25) is 0 Å². The van der Waals surface area contributed by atoms with Crippen LogP contribution in [0.1, 0.15) is 84.6 Å². The predicted octanol–water partition coefficient (Wildman–Crippen LogP) is 14.0. The molecule has 0 fully saturated rings. The molecule has 0 bridgehead atoms. The molecule has 8 aromatic rings. The van der Waals surface area contributed by atoms with Crippen molar-refractivity contribution in [1.29, 1.82) is 0 Å². The Morgan fingerprint density at radius 2 is 0.898 bits per heavy atom. The molecule has 2 aliphatic heterocycles. The molecule has 10 rings (SSSR count). The van der Waals surface area contributed by atoms with E-state index in [0.717, 1.165) is 0 Å². The molecule has 0 amide bonds. The van der Waals surface area contributed by atoms with Crippen LogP contribution in [0.15, 0.2) is 140 Å². The number of hydrogen-bond donors (Lipinski definition) is 0. The van der Waals surface area contributed by atoms with Crippen LogP contribution in [-0.2, 0) is 16.2 Å². The molecular formula is C55H53BN2S. The van der Waals surface area contributed by atoms with E-state index in [4.69, 9.17) is 0 Å². The van der Waals surface area contributed by atoms with Gasteiger partial charge in [0.25, 0.3) is 6.71 Å². The van der Waals surface area contributed by atoms with Crippen LogP contribution in [0.4, 0.5) is 34.1 Å². The van der Waals surface area contributed by atoms with Crippen molar-refractivity contribution in [3.05, 3.63) is 162 Å². The molecule has 0 atom stereocenters. The van der Waals surface area contributed by atoms with Crippen molar-refractivity contribution >= 4 is 88.7 Å². The van der Waals surface area contributed by atoms with Crippen LogP contribution in [0.2, 0.25) is 0 Å². The summed E-state index contributed by atoms with van der Waals surface area (Å²) in [6, 6.07) is 53.7. The Hall–Kier alpha value is -5.58. The molecule has 4 heteroatoms. The molecule has 0 unspecified atom stereocenters. The normalized spacial score (nSPS) is 13.8. The van der Waals surface area contributed by atoms with Crippen LogP contribution in [0.5, 0.6) is 0 Å². The molecule has 2 aliphatic rings. The Kier molecular flexibility index (Phi) is 8.44. The molecule has 0 saturated heterocycles. The molecule has 0 saturated carbocycles. The third kappa shape index (κ3) is 6.22. The number of thiophene rings is 1. The smallest absolute Gasteiger partial charge is 0.252 e. The van der Waals surface area contributed by atoms with Crippen LogP contribution >= 0.6 is 11.3 Å². The summed E-state index contributed by atoms with van der Waals surface area (Å²) in [5.74, 6) is 0. The lowest BCUT2D eigenvalue weighted by Crippen LogP contribution is -2.61. The summed E-state index contributed by atoms with van der Waals surface area (Å²) in [5.41, 5.74) is 19.3. The minimum absolute atomic E-state index is 0.000995. The van der Waals surface area contributed by atoms with Gasteiger partial charge >= 0.3 is 0 Å². The van der Waals surface area contributed by atoms with Gasteiger partial charge in [-0.2, -0.15) is 0 Å². The van der Waals surface area contributed by atoms with Gasteiger partial charge in [0.15, 0.2) is 0 Å². The van der Waals surface area contributed by atoms with E-state index in [2.05, 4.69) is 219 Å². The van der Waals surface area contributed by atoms with Gasteiger partial charge in [-0.25, -0.2) is 0 Å². The monoisotopic (exact) mass is 784 g/mol. The van der Waals surface area contributed by atoms with Crippen molar-refractivity contribution in [3.8, 4) is 11.1 Å². The summed E-state index contributed by atoms with van der Waals surface area (Å²) in [6.45, 7) is 23.2. The lowest BCUT2D eigenvalue weighted by molar-refractivity contribution is 0.590. The average molecular weight is 785 g/mol. The van der Waals surface area contributed by atoms with Gasteiger partial charge in [0, 0.05) is 54.3 Å². The fourth-order valence-corrected chi connectivity index (χ4v) is 10.6. The van der Waals surface area contributed by atoms with Gasteiger partial charge in [-0.3, -0.25) is 0 Å². The highest BCUT2D eigenvalue weighted by Crippen LogP contribution is 2.46. The molecule has 0 N–H and O–H groups in total. The van der Waals surface area contributed by atoms with Gasteiger partial charge < -0.3 is 9.80 Å². The molecular weight excluding hydrogens is 731 g/mol. The first kappa shape index (κ1) is 37.7. The second-order valence-electron chi connectivity index (χ2n) is 20.0. The number of rotatable bonds is 3. The van der Waals surface area contributed by atoms with E-state index in [9.17, 15) is 0 Å². The first-order chi connectivity index (χ1) is 28.0. The molecule has 0 aliphatic carbocycles. The molecule has 292 valence electrons. The average Bonchev–Trinajstić information content (AvgIpc) is 3.57. The van der Waals surface area contributed by atoms with E-state index in [-0.39, 0.29) is 23.0 Å². The Bertz CT molecular complexity index is 2950. The maximum absolute atomic E-state index is 2.54. The van der Waals surface area contributed by atoms with Crippen LogP contribution in [0.25, 0.3) is 31.3 Å². The molecule has 1 aromatic heterocycles. The Morgan fingerprint density at radius 1 is 0.424 bits per heavy atom. The number of nitrogens with zero attached hydrogens (tertiary/aromatic N) is 2. The second kappa shape index (κ2) is 13.2. The minimum atomic E-state index is -0.000995. The van der Waals surface area contributed by atoms with Crippen molar-refractivity contribution < 1.29 is 0 Å². The Balaban J connectivity index is 1.19. The quantitative estimate of drug-likeness (QED) is 0.165. The number of hydrogen-bond acceptors (Lipinski definition) is 3. The molecule has 7 aromatic carbocycles. The largest absolute Gasteiger partial charge is 0.311 e. The standard InChI is InChI=1S/C55H53BN2S/c1-34-29-48-52-49(30-34)58(41-24-18-37(19-25-41)53(2,3)4)47-28-21-39(55(8,9)10)33-45(47)56(52)44-32-38(54(5,6)7)20-27-46(44)57(48)40-22-15-35(16-23-40)36-17-26-43-42-13-11-12-14-50(42)59-51(43)31-36/h11-33H,1-10H3. The summed E-state index contributed by atoms with van der Waals surface area (Å²) >= 11 is 1.88. The lowest BCUT2D eigenvalue weighted by Gasteiger charge is -2.45. The van der Waals surface area contributed by atoms with E-state index in [1.54, 1.807) is 0 Å². The number of fused-ring (bicyclic) bond motifs is 7. The SMILES string of the molecule is Cc1cc2c3c(c1)N(c1ccc(C(C)(C)C)cc1)c1ccc(C(C)(C)C)cc1B3c1cc(C(C)(C)C)ccc1N2c1ccc(-c2ccc3c(c2)sc2ccccc23)cc1. The zero-order valence-electron chi connectivity index (χ0n) is 36.2. The molecule has 59 heavy (non-hydrogen) atoms. The van der Waals surface area contributed by atoms with Crippen molar-refractivity contribution in [3.63, 3.8) is 0 Å². The minimum Gasteiger partial charge on any atom is -0.311 e. The number of anilines is 6. The van der Waals surface area contributed by atoms with Crippen molar-refractivity contribution in [2.75, 3.05) is 9.80 Å². The molecule has 3 heterocycles. The van der Waals surface area contributed by atoms with Crippen molar-refractivity contribution in [2.24, 2.45) is 0 Å². The summed E-state index contributed by atoms with van der Waals surface area (Å²) in [7, 11) is 0. The molecule has 0 radical (unpaired) electrons. The highest BCUT2D eigenvalue weighted by molar-refractivity contribution is 7.25. The van der Waals surface area contributed by atoms with Crippen LogP contribution in [-0.4, -0.2) is 6.71 Å². The first-order valence-electron chi connectivity index (χ1n) is 21.2. The van der Waals surface area contributed by atoms with Crippen molar-refractivity contribution in [1.82, 2.24) is 0 Å². The predicted molar refractivity (Wildman–Crippen MR) is 260 cm³/mol. The fraction of sp³-hybridized carbons (Fsp3) is 0.236. The molecule has 2 nitrogen and oxygen atoms in total.